The number of hydrogen-bond donors (Lipinski definition) is 1. The second-order valence-corrected chi connectivity index (χ2v) is 4.77. The molecule has 2 rings (SSSR count). The average Bonchev–Trinajstić information content (AvgIpc) is 2.45. The lowest BCUT2D eigenvalue weighted by Gasteiger charge is -2.09. The summed E-state index contributed by atoms with van der Waals surface area (Å²) in [7, 11) is 0. The lowest BCUT2D eigenvalue weighted by molar-refractivity contribution is 0.101. The van der Waals surface area contributed by atoms with Crippen LogP contribution in [0.3, 0.4) is 0 Å². The highest BCUT2D eigenvalue weighted by Crippen LogP contribution is 2.21. The van der Waals surface area contributed by atoms with Crippen LogP contribution in [0, 0.1) is 0 Å². The fourth-order valence-corrected chi connectivity index (χ4v) is 2.06. The number of nitrogen functional groups attached to an aromatic ring is 1. The topological polar surface area (TPSA) is 52.3 Å². The molecule has 0 heterocycles. The molecule has 0 radical (unpaired) electrons. The predicted octanol–water partition coefficient (Wildman–Crippen LogP) is 3.61. The van der Waals surface area contributed by atoms with E-state index in [9.17, 15) is 4.79 Å². The van der Waals surface area contributed by atoms with Gasteiger partial charge in [0.25, 0.3) is 0 Å². The van der Waals surface area contributed by atoms with Crippen LogP contribution < -0.4 is 10.5 Å². The smallest absolute Gasteiger partial charge is 0.161 e. The van der Waals surface area contributed by atoms with Crippen LogP contribution in [0.15, 0.2) is 42.5 Å². The van der Waals surface area contributed by atoms with E-state index in [0.29, 0.717) is 23.6 Å². The average molecular weight is 269 g/mol. The Morgan fingerprint density at radius 1 is 1.15 bits per heavy atom. The molecule has 0 spiro atoms. The third-order valence-electron chi connectivity index (χ3n) is 3.21. The van der Waals surface area contributed by atoms with Gasteiger partial charge in [0.15, 0.2) is 5.78 Å². The van der Waals surface area contributed by atoms with Crippen molar-refractivity contribution in [3.8, 4) is 5.75 Å². The summed E-state index contributed by atoms with van der Waals surface area (Å²) in [5.74, 6) is 0.638. The maximum Gasteiger partial charge on any atom is 0.161 e. The molecule has 0 aliphatic heterocycles. The summed E-state index contributed by atoms with van der Waals surface area (Å²) in [6.45, 7) is 4.12. The van der Waals surface area contributed by atoms with E-state index in [0.717, 1.165) is 12.0 Å². The molecule has 0 amide bonds. The minimum atomic E-state index is -0.0373. The highest BCUT2D eigenvalue weighted by molar-refractivity contribution is 5.99. The van der Waals surface area contributed by atoms with Crippen molar-refractivity contribution in [2.45, 2.75) is 26.9 Å². The van der Waals surface area contributed by atoms with Gasteiger partial charge in [0.2, 0.25) is 0 Å². The molecule has 2 aromatic rings. The first kappa shape index (κ1) is 14.1. The number of hydrogen-bond acceptors (Lipinski definition) is 3. The number of carbonyl (C=O) groups is 1. The van der Waals surface area contributed by atoms with Gasteiger partial charge in [-0.05, 0) is 36.6 Å². The zero-order valence-electron chi connectivity index (χ0n) is 11.8. The van der Waals surface area contributed by atoms with E-state index in [-0.39, 0.29) is 5.78 Å². The molecule has 0 saturated heterocycles. The molecule has 104 valence electrons. The largest absolute Gasteiger partial charge is 0.489 e. The lowest BCUT2D eigenvalue weighted by Crippen LogP contribution is -2.01. The lowest BCUT2D eigenvalue weighted by atomic mass is 10.1. The molecular weight excluding hydrogens is 250 g/mol. The van der Waals surface area contributed by atoms with Crippen LogP contribution in [0.5, 0.6) is 5.75 Å². The Morgan fingerprint density at radius 2 is 1.90 bits per heavy atom. The van der Waals surface area contributed by atoms with Crippen LogP contribution in [0.1, 0.15) is 35.3 Å². The Bertz CT molecular complexity index is 620. The van der Waals surface area contributed by atoms with Crippen molar-refractivity contribution in [3.63, 3.8) is 0 Å². The van der Waals surface area contributed by atoms with E-state index >= 15 is 0 Å². The number of aryl methyl sites for hydroxylation is 1. The first-order chi connectivity index (χ1) is 9.60. The molecule has 3 heteroatoms. The fourth-order valence-electron chi connectivity index (χ4n) is 2.06. The zero-order chi connectivity index (χ0) is 14.5. The first-order valence-corrected chi connectivity index (χ1v) is 6.71. The summed E-state index contributed by atoms with van der Waals surface area (Å²) in [4.78, 5) is 11.3. The highest BCUT2D eigenvalue weighted by atomic mass is 16.5. The van der Waals surface area contributed by atoms with E-state index < -0.39 is 0 Å². The number of Topliss-reactive ketones (excluding diaryl/α,β-unsaturated/α-hetero) is 1. The minimum Gasteiger partial charge on any atom is -0.489 e. The van der Waals surface area contributed by atoms with Crippen LogP contribution in [0.2, 0.25) is 0 Å². The number of ether oxygens (including phenoxy) is 1. The summed E-state index contributed by atoms with van der Waals surface area (Å²) in [5, 5.41) is 0. The van der Waals surface area contributed by atoms with Crippen LogP contribution >= 0.6 is 0 Å². The fraction of sp³-hybridized carbons (Fsp3) is 0.235. The van der Waals surface area contributed by atoms with Crippen LogP contribution in [-0.2, 0) is 13.0 Å². The standard InChI is InChI=1S/C17H19NO2/c1-3-13-5-4-6-14(9-13)11-20-15-7-8-16(12(2)19)17(18)10-15/h4-10H,3,11,18H2,1-2H3. The van der Waals surface area contributed by atoms with Crippen molar-refractivity contribution in [2.75, 3.05) is 5.73 Å². The summed E-state index contributed by atoms with van der Waals surface area (Å²) in [6, 6.07) is 13.5. The zero-order valence-corrected chi connectivity index (χ0v) is 11.8. The molecule has 0 atom stereocenters. The molecule has 0 unspecified atom stereocenters. The number of nitrogens with two attached hydrogens (primary N) is 1. The summed E-state index contributed by atoms with van der Waals surface area (Å²) >= 11 is 0. The number of rotatable bonds is 5. The van der Waals surface area contributed by atoms with Crippen LogP contribution in [0.25, 0.3) is 0 Å². The van der Waals surface area contributed by atoms with Gasteiger partial charge in [-0.2, -0.15) is 0 Å². The normalized spacial score (nSPS) is 10.3. The van der Waals surface area contributed by atoms with Gasteiger partial charge in [0.05, 0.1) is 0 Å². The predicted molar refractivity (Wildman–Crippen MR) is 81.0 cm³/mol. The first-order valence-electron chi connectivity index (χ1n) is 6.71. The van der Waals surface area contributed by atoms with Crippen molar-refractivity contribution in [1.82, 2.24) is 0 Å². The van der Waals surface area contributed by atoms with Gasteiger partial charge in [0, 0.05) is 17.3 Å². The quantitative estimate of drug-likeness (QED) is 0.666. The highest BCUT2D eigenvalue weighted by Gasteiger charge is 2.06. The molecule has 2 N–H and O–H groups in total. The van der Waals surface area contributed by atoms with Crippen LogP contribution in [-0.4, -0.2) is 5.78 Å². The summed E-state index contributed by atoms with van der Waals surface area (Å²) in [5.41, 5.74) is 9.24. The molecule has 0 saturated carbocycles. The molecule has 2 aromatic carbocycles. The molecule has 3 nitrogen and oxygen atoms in total. The Labute approximate surface area is 119 Å². The van der Waals surface area contributed by atoms with Gasteiger partial charge in [0.1, 0.15) is 12.4 Å². The molecule has 20 heavy (non-hydrogen) atoms. The van der Waals surface area contributed by atoms with E-state index in [4.69, 9.17) is 10.5 Å². The second kappa shape index (κ2) is 6.24. The Morgan fingerprint density at radius 3 is 2.55 bits per heavy atom. The second-order valence-electron chi connectivity index (χ2n) is 4.77. The number of anilines is 1. The molecule has 0 bridgehead atoms. The maximum atomic E-state index is 11.3. The Balaban J connectivity index is 2.07. The SMILES string of the molecule is CCc1cccc(COc2ccc(C(C)=O)c(N)c2)c1. The van der Waals surface area contributed by atoms with Crippen molar-refractivity contribution in [2.24, 2.45) is 0 Å². The summed E-state index contributed by atoms with van der Waals surface area (Å²) in [6.07, 6.45) is 1.01. The monoisotopic (exact) mass is 269 g/mol. The van der Waals surface area contributed by atoms with Gasteiger partial charge in [-0.25, -0.2) is 0 Å². The van der Waals surface area contributed by atoms with Gasteiger partial charge >= 0.3 is 0 Å². The van der Waals surface area contributed by atoms with Gasteiger partial charge in [-0.15, -0.1) is 0 Å². The van der Waals surface area contributed by atoms with Crippen molar-refractivity contribution in [1.29, 1.82) is 0 Å². The molecular formula is C17H19NO2. The van der Waals surface area contributed by atoms with E-state index in [1.807, 2.05) is 12.1 Å². The summed E-state index contributed by atoms with van der Waals surface area (Å²) < 4.78 is 5.72. The molecule has 0 aromatic heterocycles. The third kappa shape index (κ3) is 3.38. The van der Waals surface area contributed by atoms with Gasteiger partial charge in [-0.3, -0.25) is 4.79 Å². The van der Waals surface area contributed by atoms with Crippen molar-refractivity contribution in [3.05, 3.63) is 59.2 Å². The van der Waals surface area contributed by atoms with Gasteiger partial charge in [-0.1, -0.05) is 31.2 Å². The molecule has 0 aliphatic rings. The van der Waals surface area contributed by atoms with E-state index in [1.165, 1.54) is 12.5 Å². The van der Waals surface area contributed by atoms with Crippen LogP contribution in [0.4, 0.5) is 5.69 Å². The number of benzene rings is 2. The molecule has 0 fully saturated rings. The van der Waals surface area contributed by atoms with Gasteiger partial charge < -0.3 is 10.5 Å². The Hall–Kier alpha value is -2.29. The molecule has 0 aliphatic carbocycles. The minimum absolute atomic E-state index is 0.0373. The third-order valence-corrected chi connectivity index (χ3v) is 3.21. The van der Waals surface area contributed by atoms with Crippen molar-refractivity contribution >= 4 is 11.5 Å². The van der Waals surface area contributed by atoms with Crippen molar-refractivity contribution < 1.29 is 9.53 Å². The Kier molecular flexibility index (Phi) is 4.41. The van der Waals surface area contributed by atoms with E-state index in [2.05, 4.69) is 19.1 Å². The maximum absolute atomic E-state index is 11.3. The van der Waals surface area contributed by atoms with E-state index in [1.54, 1.807) is 18.2 Å². The number of carbonyl (C=O) groups excluding carboxylic acids is 1. The number of ketones is 1.